The summed E-state index contributed by atoms with van der Waals surface area (Å²) in [6, 6.07) is 4.55. The van der Waals surface area contributed by atoms with Gasteiger partial charge in [-0.3, -0.25) is 14.6 Å². The van der Waals surface area contributed by atoms with Gasteiger partial charge >= 0.3 is 6.18 Å². The third-order valence-corrected chi connectivity index (χ3v) is 3.77. The standard InChI is InChI=1S/C17H15BrF3N3O3/c1-10(25)4-13-6-12(2-3-22-13)15(26)23-7-11-5-14(18)16(24-8-11)27-9-17(19,20)21/h2-3,5-6,8H,4,7,9H2,1H3,(H,23,26). The molecule has 0 aromatic carbocycles. The molecule has 10 heteroatoms. The minimum Gasteiger partial charge on any atom is -0.467 e. The summed E-state index contributed by atoms with van der Waals surface area (Å²) in [5, 5.41) is 2.67. The Morgan fingerprint density at radius 1 is 1.26 bits per heavy atom. The first-order valence-electron chi connectivity index (χ1n) is 7.70. The second-order valence-electron chi connectivity index (χ2n) is 5.63. The van der Waals surface area contributed by atoms with Gasteiger partial charge < -0.3 is 10.1 Å². The van der Waals surface area contributed by atoms with Crippen LogP contribution in [0.15, 0.2) is 35.1 Å². The van der Waals surface area contributed by atoms with Crippen LogP contribution >= 0.6 is 15.9 Å². The predicted octanol–water partition coefficient (Wildman–Crippen LogP) is 3.24. The zero-order chi connectivity index (χ0) is 20.0. The van der Waals surface area contributed by atoms with Crippen molar-refractivity contribution in [3.8, 4) is 5.88 Å². The fourth-order valence-electron chi connectivity index (χ4n) is 2.07. The van der Waals surface area contributed by atoms with Crippen molar-refractivity contribution in [2.24, 2.45) is 0 Å². The minimum absolute atomic E-state index is 0.0659. The number of carbonyl (C=O) groups is 2. The molecule has 0 aliphatic rings. The van der Waals surface area contributed by atoms with Crippen molar-refractivity contribution >= 4 is 27.6 Å². The van der Waals surface area contributed by atoms with Crippen molar-refractivity contribution in [2.75, 3.05) is 6.61 Å². The van der Waals surface area contributed by atoms with Crippen molar-refractivity contribution < 1.29 is 27.5 Å². The molecule has 6 nitrogen and oxygen atoms in total. The van der Waals surface area contributed by atoms with E-state index in [0.717, 1.165) is 0 Å². The maximum atomic E-state index is 12.2. The fourth-order valence-corrected chi connectivity index (χ4v) is 2.58. The van der Waals surface area contributed by atoms with Gasteiger partial charge in [0.2, 0.25) is 5.88 Å². The minimum atomic E-state index is -4.46. The molecule has 0 spiro atoms. The van der Waals surface area contributed by atoms with E-state index in [-0.39, 0.29) is 35.0 Å². The topological polar surface area (TPSA) is 81.2 Å². The molecule has 0 saturated carbocycles. The van der Waals surface area contributed by atoms with Crippen molar-refractivity contribution in [1.29, 1.82) is 0 Å². The molecule has 0 fully saturated rings. The van der Waals surface area contributed by atoms with E-state index < -0.39 is 12.8 Å². The molecule has 0 unspecified atom stereocenters. The van der Waals surface area contributed by atoms with Crippen LogP contribution in [0.25, 0.3) is 0 Å². The lowest BCUT2D eigenvalue weighted by Crippen LogP contribution is -2.23. The summed E-state index contributed by atoms with van der Waals surface area (Å²) in [6.45, 7) is 0.0923. The molecule has 0 saturated heterocycles. The molecule has 2 heterocycles. The molecule has 0 radical (unpaired) electrons. The highest BCUT2D eigenvalue weighted by Crippen LogP contribution is 2.25. The second kappa shape index (κ2) is 8.94. The lowest BCUT2D eigenvalue weighted by molar-refractivity contribution is -0.154. The summed E-state index contributed by atoms with van der Waals surface area (Å²) in [7, 11) is 0. The molecular formula is C17H15BrF3N3O3. The zero-order valence-corrected chi connectivity index (χ0v) is 15.7. The van der Waals surface area contributed by atoms with Gasteiger partial charge in [-0.2, -0.15) is 13.2 Å². The summed E-state index contributed by atoms with van der Waals surface area (Å²) < 4.78 is 41.4. The van der Waals surface area contributed by atoms with Crippen LogP contribution in [0.5, 0.6) is 5.88 Å². The fraction of sp³-hybridized carbons (Fsp3) is 0.294. The van der Waals surface area contributed by atoms with E-state index in [0.29, 0.717) is 16.8 Å². The number of ketones is 1. The lowest BCUT2D eigenvalue weighted by Gasteiger charge is -2.11. The van der Waals surface area contributed by atoms with Crippen LogP contribution in [-0.2, 0) is 17.8 Å². The van der Waals surface area contributed by atoms with Gasteiger partial charge in [0.05, 0.1) is 4.47 Å². The number of alkyl halides is 3. The molecule has 0 bridgehead atoms. The summed E-state index contributed by atoms with van der Waals surface area (Å²) in [6.07, 6.45) is -1.57. The molecule has 2 aromatic heterocycles. The van der Waals surface area contributed by atoms with Crippen LogP contribution < -0.4 is 10.1 Å². The third kappa shape index (κ3) is 6.97. The van der Waals surface area contributed by atoms with Gasteiger partial charge in [-0.1, -0.05) is 0 Å². The van der Waals surface area contributed by atoms with E-state index in [1.54, 1.807) is 0 Å². The van der Waals surface area contributed by atoms with Crippen LogP contribution in [0.4, 0.5) is 13.2 Å². The quantitative estimate of drug-likeness (QED) is 0.707. The molecule has 27 heavy (non-hydrogen) atoms. The molecule has 2 aromatic rings. The maximum Gasteiger partial charge on any atom is 0.422 e. The average molecular weight is 446 g/mol. The first kappa shape index (κ1) is 20.8. The first-order valence-corrected chi connectivity index (χ1v) is 8.50. The van der Waals surface area contributed by atoms with Crippen molar-refractivity contribution in [1.82, 2.24) is 15.3 Å². The van der Waals surface area contributed by atoms with Gasteiger partial charge in [0.15, 0.2) is 6.61 Å². The Kier molecular flexibility index (Phi) is 6.89. The number of halogens is 4. The monoisotopic (exact) mass is 445 g/mol. The van der Waals surface area contributed by atoms with Gasteiger partial charge in [-0.05, 0) is 46.6 Å². The largest absolute Gasteiger partial charge is 0.467 e. The Morgan fingerprint density at radius 3 is 2.63 bits per heavy atom. The Hall–Kier alpha value is -2.49. The highest BCUT2D eigenvalue weighted by Gasteiger charge is 2.29. The number of amides is 1. The number of pyridine rings is 2. The SMILES string of the molecule is CC(=O)Cc1cc(C(=O)NCc2cnc(OCC(F)(F)F)c(Br)c2)ccn1. The number of Topliss-reactive ketones (excluding diaryl/α,β-unsaturated/α-hetero) is 1. The van der Waals surface area contributed by atoms with Crippen LogP contribution in [0.3, 0.4) is 0 Å². The van der Waals surface area contributed by atoms with Gasteiger partial charge in [0, 0.05) is 36.6 Å². The highest BCUT2D eigenvalue weighted by molar-refractivity contribution is 9.10. The van der Waals surface area contributed by atoms with E-state index in [4.69, 9.17) is 0 Å². The number of hydrogen-bond acceptors (Lipinski definition) is 5. The summed E-state index contributed by atoms with van der Waals surface area (Å²) in [4.78, 5) is 31.2. The van der Waals surface area contributed by atoms with Crippen LogP contribution in [-0.4, -0.2) is 34.4 Å². The first-order chi connectivity index (χ1) is 12.6. The van der Waals surface area contributed by atoms with Gasteiger partial charge in [-0.25, -0.2) is 4.98 Å². The van der Waals surface area contributed by atoms with Crippen LogP contribution in [0.1, 0.15) is 28.5 Å². The second-order valence-corrected chi connectivity index (χ2v) is 6.49. The normalized spacial score (nSPS) is 11.1. The van der Waals surface area contributed by atoms with E-state index in [2.05, 4.69) is 36.0 Å². The van der Waals surface area contributed by atoms with Crippen molar-refractivity contribution in [3.63, 3.8) is 0 Å². The highest BCUT2D eigenvalue weighted by atomic mass is 79.9. The zero-order valence-electron chi connectivity index (χ0n) is 14.1. The Bertz CT molecular complexity index is 844. The van der Waals surface area contributed by atoms with Crippen molar-refractivity contribution in [3.05, 3.63) is 51.9 Å². The smallest absolute Gasteiger partial charge is 0.422 e. The maximum absolute atomic E-state index is 12.2. The number of nitrogens with zero attached hydrogens (tertiary/aromatic N) is 2. The number of ether oxygens (including phenoxy) is 1. The van der Waals surface area contributed by atoms with Gasteiger partial charge in [0.25, 0.3) is 5.91 Å². The Morgan fingerprint density at radius 2 is 2.00 bits per heavy atom. The number of carbonyl (C=O) groups excluding carboxylic acids is 2. The number of rotatable bonds is 7. The van der Waals surface area contributed by atoms with Crippen LogP contribution in [0.2, 0.25) is 0 Å². The molecule has 0 aliphatic heterocycles. The Labute approximate surface area is 161 Å². The molecule has 2 rings (SSSR count). The predicted molar refractivity (Wildman–Crippen MR) is 93.3 cm³/mol. The molecule has 1 N–H and O–H groups in total. The molecule has 144 valence electrons. The van der Waals surface area contributed by atoms with E-state index in [1.165, 1.54) is 37.5 Å². The molecule has 1 amide bonds. The van der Waals surface area contributed by atoms with E-state index >= 15 is 0 Å². The molecule has 0 aliphatic carbocycles. The van der Waals surface area contributed by atoms with Crippen molar-refractivity contribution in [2.45, 2.75) is 26.1 Å². The van der Waals surface area contributed by atoms with E-state index in [9.17, 15) is 22.8 Å². The number of aromatic nitrogens is 2. The lowest BCUT2D eigenvalue weighted by atomic mass is 10.1. The summed E-state index contributed by atoms with van der Waals surface area (Å²) in [5.74, 6) is -0.634. The average Bonchev–Trinajstić information content (AvgIpc) is 2.57. The summed E-state index contributed by atoms with van der Waals surface area (Å²) >= 11 is 3.09. The third-order valence-electron chi connectivity index (χ3n) is 3.20. The van der Waals surface area contributed by atoms with Crippen LogP contribution in [0, 0.1) is 0 Å². The van der Waals surface area contributed by atoms with Gasteiger partial charge in [0.1, 0.15) is 5.78 Å². The Balaban J connectivity index is 1.97. The number of hydrogen-bond donors (Lipinski definition) is 1. The molecular weight excluding hydrogens is 431 g/mol. The van der Waals surface area contributed by atoms with Gasteiger partial charge in [-0.15, -0.1) is 0 Å². The number of nitrogens with one attached hydrogen (secondary N) is 1. The molecule has 0 atom stereocenters. The summed E-state index contributed by atoms with van der Waals surface area (Å²) in [5.41, 5.74) is 1.40. The van der Waals surface area contributed by atoms with E-state index in [1.807, 2.05) is 0 Å².